The highest BCUT2D eigenvalue weighted by molar-refractivity contribution is 7.99. The Bertz CT molecular complexity index is 670. The summed E-state index contributed by atoms with van der Waals surface area (Å²) in [7, 11) is 1.74. The van der Waals surface area contributed by atoms with Crippen molar-refractivity contribution < 1.29 is 13.9 Å². The molecule has 1 aromatic rings. The van der Waals surface area contributed by atoms with Crippen LogP contribution >= 0.6 is 24.0 Å². The number of cyclic esters (lactones) is 1. The molecule has 6 nitrogen and oxygen atoms in total. The van der Waals surface area contributed by atoms with E-state index in [0.717, 1.165) is 24.6 Å². The van der Waals surface area contributed by atoms with Crippen LogP contribution in [0.1, 0.15) is 6.42 Å². The molecule has 26 heavy (non-hydrogen) atoms. The predicted molar refractivity (Wildman–Crippen MR) is 108 cm³/mol. The lowest BCUT2D eigenvalue weighted by molar-refractivity contribution is 0.137. The highest BCUT2D eigenvalue weighted by atomic mass is 32.2. The molecule has 1 aromatic carbocycles. The van der Waals surface area contributed by atoms with Crippen molar-refractivity contribution in [3.8, 4) is 0 Å². The molecule has 0 aliphatic carbocycles. The number of nitrogens with one attached hydrogen (secondary N) is 2. The first-order valence-corrected chi connectivity index (χ1v) is 10.2. The second-order valence-corrected chi connectivity index (χ2v) is 7.78. The summed E-state index contributed by atoms with van der Waals surface area (Å²) in [6.45, 7) is 2.70. The Balaban J connectivity index is 1.60. The van der Waals surface area contributed by atoms with Gasteiger partial charge < -0.3 is 20.3 Å². The summed E-state index contributed by atoms with van der Waals surface area (Å²) in [6.07, 6.45) is -0.0416. The van der Waals surface area contributed by atoms with E-state index < -0.39 is 6.09 Å². The van der Waals surface area contributed by atoms with Crippen LogP contribution in [0.5, 0.6) is 0 Å². The SMILES string of the molecule is CNC(=S)NCC[C@H]1CN(c2ccc(N3CCSCC3)c(F)c2)C(=O)O1. The van der Waals surface area contributed by atoms with Crippen LogP contribution in [0, 0.1) is 5.82 Å². The van der Waals surface area contributed by atoms with Crippen molar-refractivity contribution in [2.45, 2.75) is 12.5 Å². The van der Waals surface area contributed by atoms with Crippen molar-refractivity contribution in [1.29, 1.82) is 0 Å². The number of ether oxygens (including phenoxy) is 1. The van der Waals surface area contributed by atoms with Gasteiger partial charge in [0.15, 0.2) is 5.11 Å². The molecule has 2 heterocycles. The minimum atomic E-state index is -0.437. The van der Waals surface area contributed by atoms with Gasteiger partial charge in [0.05, 0.1) is 17.9 Å². The summed E-state index contributed by atoms with van der Waals surface area (Å²) in [5.41, 5.74) is 1.13. The molecule has 2 aliphatic heterocycles. The van der Waals surface area contributed by atoms with Crippen LogP contribution in [-0.2, 0) is 4.74 Å². The second-order valence-electron chi connectivity index (χ2n) is 6.15. The Morgan fingerprint density at radius 1 is 1.42 bits per heavy atom. The smallest absolute Gasteiger partial charge is 0.414 e. The summed E-state index contributed by atoms with van der Waals surface area (Å²) >= 11 is 6.89. The number of anilines is 2. The van der Waals surface area contributed by atoms with Gasteiger partial charge in [-0.05, 0) is 30.4 Å². The molecule has 3 rings (SSSR count). The maximum Gasteiger partial charge on any atom is 0.414 e. The van der Waals surface area contributed by atoms with Crippen molar-refractivity contribution in [3.63, 3.8) is 0 Å². The maximum atomic E-state index is 14.6. The quantitative estimate of drug-likeness (QED) is 0.738. The lowest BCUT2D eigenvalue weighted by Gasteiger charge is -2.29. The molecule has 2 N–H and O–H groups in total. The van der Waals surface area contributed by atoms with E-state index in [4.69, 9.17) is 17.0 Å². The fourth-order valence-electron chi connectivity index (χ4n) is 3.04. The summed E-state index contributed by atoms with van der Waals surface area (Å²) in [5, 5.41) is 6.41. The van der Waals surface area contributed by atoms with Gasteiger partial charge in [0.2, 0.25) is 0 Å². The molecule has 0 unspecified atom stereocenters. The minimum Gasteiger partial charge on any atom is -0.444 e. The van der Waals surface area contributed by atoms with Crippen molar-refractivity contribution in [3.05, 3.63) is 24.0 Å². The number of halogens is 1. The monoisotopic (exact) mass is 398 g/mol. The molecular weight excluding hydrogens is 375 g/mol. The Labute approximate surface area is 162 Å². The average Bonchev–Trinajstić information content (AvgIpc) is 3.02. The Hall–Kier alpha value is -1.74. The summed E-state index contributed by atoms with van der Waals surface area (Å²) in [4.78, 5) is 15.7. The van der Waals surface area contributed by atoms with Gasteiger partial charge in [-0.15, -0.1) is 0 Å². The van der Waals surface area contributed by atoms with Gasteiger partial charge in [-0.2, -0.15) is 11.8 Å². The average molecular weight is 399 g/mol. The summed E-state index contributed by atoms with van der Waals surface area (Å²) < 4.78 is 20.0. The standard InChI is InChI=1S/C17H23FN4O2S2/c1-19-16(25)20-5-4-13-11-22(17(23)24-13)12-2-3-15(14(18)10-12)21-6-8-26-9-7-21/h2-3,10,13H,4-9,11H2,1H3,(H2,19,20,25)/t13-/m0/s1. The Morgan fingerprint density at radius 3 is 2.88 bits per heavy atom. The van der Waals surface area contributed by atoms with Gasteiger partial charge in [-0.3, -0.25) is 4.90 Å². The third-order valence-corrected chi connectivity index (χ3v) is 5.74. The Kier molecular flexibility index (Phi) is 6.42. The normalized spacial score (nSPS) is 20.1. The van der Waals surface area contributed by atoms with E-state index in [1.165, 1.54) is 11.0 Å². The third kappa shape index (κ3) is 4.50. The molecule has 9 heteroatoms. The van der Waals surface area contributed by atoms with Gasteiger partial charge in [0.1, 0.15) is 11.9 Å². The molecular formula is C17H23FN4O2S2. The second kappa shape index (κ2) is 8.77. The van der Waals surface area contributed by atoms with E-state index in [-0.39, 0.29) is 11.9 Å². The first kappa shape index (κ1) is 19.0. The predicted octanol–water partition coefficient (Wildman–Crippen LogP) is 2.19. The molecule has 1 atom stereocenters. The molecule has 2 saturated heterocycles. The number of benzene rings is 1. The number of amides is 1. The van der Waals surface area contributed by atoms with E-state index in [1.807, 2.05) is 11.8 Å². The number of carbonyl (C=O) groups is 1. The maximum absolute atomic E-state index is 14.6. The van der Waals surface area contributed by atoms with Crippen LogP contribution < -0.4 is 20.4 Å². The van der Waals surface area contributed by atoms with Crippen molar-refractivity contribution in [1.82, 2.24) is 10.6 Å². The van der Waals surface area contributed by atoms with E-state index in [9.17, 15) is 9.18 Å². The van der Waals surface area contributed by atoms with E-state index >= 15 is 0 Å². The number of thioether (sulfide) groups is 1. The van der Waals surface area contributed by atoms with E-state index in [0.29, 0.717) is 36.0 Å². The third-order valence-electron chi connectivity index (χ3n) is 4.45. The fourth-order valence-corrected chi connectivity index (χ4v) is 4.05. The Morgan fingerprint density at radius 2 is 2.19 bits per heavy atom. The molecule has 142 valence electrons. The highest BCUT2D eigenvalue weighted by Crippen LogP contribution is 2.29. The topological polar surface area (TPSA) is 56.8 Å². The van der Waals surface area contributed by atoms with E-state index in [2.05, 4.69) is 15.5 Å². The largest absolute Gasteiger partial charge is 0.444 e. The van der Waals surface area contributed by atoms with E-state index in [1.54, 1.807) is 19.2 Å². The molecule has 0 bridgehead atoms. The fraction of sp³-hybridized carbons (Fsp3) is 0.529. The number of hydrogen-bond acceptors (Lipinski definition) is 5. The van der Waals surface area contributed by atoms with Crippen molar-refractivity contribution in [2.75, 3.05) is 54.5 Å². The van der Waals surface area contributed by atoms with Gasteiger partial charge >= 0.3 is 6.09 Å². The minimum absolute atomic E-state index is 0.239. The van der Waals surface area contributed by atoms with Crippen molar-refractivity contribution in [2.24, 2.45) is 0 Å². The van der Waals surface area contributed by atoms with Gasteiger partial charge in [0, 0.05) is 44.6 Å². The molecule has 2 fully saturated rings. The zero-order chi connectivity index (χ0) is 18.5. The van der Waals surface area contributed by atoms with Crippen LogP contribution in [-0.4, -0.2) is 62.0 Å². The summed E-state index contributed by atoms with van der Waals surface area (Å²) in [6, 6.07) is 4.97. The lowest BCUT2D eigenvalue weighted by Crippen LogP contribution is -2.35. The van der Waals surface area contributed by atoms with Crippen LogP contribution in [0.3, 0.4) is 0 Å². The molecule has 0 radical (unpaired) electrons. The number of carbonyl (C=O) groups excluding carboxylic acids is 1. The first-order valence-electron chi connectivity index (χ1n) is 8.64. The zero-order valence-corrected chi connectivity index (χ0v) is 16.3. The van der Waals surface area contributed by atoms with Gasteiger partial charge in [0.25, 0.3) is 0 Å². The van der Waals surface area contributed by atoms with Crippen LogP contribution in [0.4, 0.5) is 20.6 Å². The number of hydrogen-bond donors (Lipinski definition) is 2. The number of thiocarbonyl (C=S) groups is 1. The van der Waals surface area contributed by atoms with Crippen molar-refractivity contribution >= 4 is 46.6 Å². The molecule has 0 saturated carbocycles. The zero-order valence-electron chi connectivity index (χ0n) is 14.7. The summed E-state index contributed by atoms with van der Waals surface area (Å²) in [5.74, 6) is 1.71. The number of rotatable bonds is 5. The van der Waals surface area contributed by atoms with Crippen LogP contribution in [0.2, 0.25) is 0 Å². The highest BCUT2D eigenvalue weighted by Gasteiger charge is 2.32. The molecule has 1 amide bonds. The first-order chi connectivity index (χ1) is 12.6. The van der Waals surface area contributed by atoms with Crippen LogP contribution in [0.15, 0.2) is 18.2 Å². The van der Waals surface area contributed by atoms with Crippen LogP contribution in [0.25, 0.3) is 0 Å². The molecule has 0 aromatic heterocycles. The molecule has 2 aliphatic rings. The number of nitrogens with zero attached hydrogens (tertiary/aromatic N) is 2. The van der Waals surface area contributed by atoms with Gasteiger partial charge in [-0.1, -0.05) is 0 Å². The van der Waals surface area contributed by atoms with Gasteiger partial charge in [-0.25, -0.2) is 9.18 Å². The lowest BCUT2D eigenvalue weighted by atomic mass is 10.2. The molecule has 0 spiro atoms.